The average molecular weight is 356 g/mol. The maximum absolute atomic E-state index is 12.3. The smallest absolute Gasteiger partial charge is 0.352 e. The lowest BCUT2D eigenvalue weighted by atomic mass is 10.0. The highest BCUT2D eigenvalue weighted by atomic mass is 16.4. The Morgan fingerprint density at radius 2 is 1.92 bits per heavy atom. The zero-order chi connectivity index (χ0) is 18.3. The number of aromatic carboxylic acids is 1. The number of carboxylic acids is 1. The third-order valence-corrected chi connectivity index (χ3v) is 5.57. The van der Waals surface area contributed by atoms with Gasteiger partial charge in [-0.2, -0.15) is 0 Å². The lowest BCUT2D eigenvalue weighted by Crippen LogP contribution is -2.56. The van der Waals surface area contributed by atoms with E-state index in [-0.39, 0.29) is 11.8 Å². The first-order valence-electron chi connectivity index (χ1n) is 9.07. The van der Waals surface area contributed by atoms with Crippen molar-refractivity contribution in [3.63, 3.8) is 0 Å². The standard InChI is InChI=1S/C19H24N4O3/c1-21-16(19(25)26)9-13-3-2-4-14(17(13)21)12-22-5-7-23(8-6-22)18(24)15-10-20-11-15/h2-4,9,15,20H,5-8,10-12H2,1H3,(H,25,26). The lowest BCUT2D eigenvalue weighted by Gasteiger charge is -2.38. The first kappa shape index (κ1) is 17.1. The van der Waals surface area contributed by atoms with Crippen LogP contribution in [0.15, 0.2) is 24.3 Å². The van der Waals surface area contributed by atoms with Gasteiger partial charge in [-0.3, -0.25) is 9.69 Å². The first-order valence-corrected chi connectivity index (χ1v) is 9.07. The quantitative estimate of drug-likeness (QED) is 0.845. The number of fused-ring (bicyclic) bond motifs is 1. The molecule has 2 saturated heterocycles. The SMILES string of the molecule is Cn1c(C(=O)O)cc2cccc(CN3CCN(C(=O)C4CNC4)CC3)c21. The van der Waals surface area contributed by atoms with Gasteiger partial charge in [0.05, 0.1) is 11.4 Å². The predicted molar refractivity (Wildman–Crippen MR) is 98.1 cm³/mol. The van der Waals surface area contributed by atoms with Crippen LogP contribution in [0.25, 0.3) is 10.9 Å². The van der Waals surface area contributed by atoms with Gasteiger partial charge in [-0.1, -0.05) is 18.2 Å². The van der Waals surface area contributed by atoms with Crippen molar-refractivity contribution >= 4 is 22.8 Å². The number of aromatic nitrogens is 1. The third kappa shape index (κ3) is 2.97. The highest BCUT2D eigenvalue weighted by Crippen LogP contribution is 2.24. The van der Waals surface area contributed by atoms with Crippen molar-refractivity contribution in [2.24, 2.45) is 13.0 Å². The summed E-state index contributed by atoms with van der Waals surface area (Å²) in [6.45, 7) is 5.59. The molecule has 0 atom stereocenters. The van der Waals surface area contributed by atoms with Crippen molar-refractivity contribution in [2.75, 3.05) is 39.3 Å². The molecule has 0 saturated carbocycles. The minimum absolute atomic E-state index is 0.160. The number of nitrogens with zero attached hydrogens (tertiary/aromatic N) is 3. The van der Waals surface area contributed by atoms with Crippen LogP contribution in [0.2, 0.25) is 0 Å². The number of amides is 1. The topological polar surface area (TPSA) is 77.8 Å². The van der Waals surface area contributed by atoms with E-state index in [2.05, 4.69) is 16.3 Å². The maximum Gasteiger partial charge on any atom is 0.352 e. The molecular weight excluding hydrogens is 332 g/mol. The van der Waals surface area contributed by atoms with Crippen LogP contribution < -0.4 is 5.32 Å². The number of rotatable bonds is 4. The average Bonchev–Trinajstić information content (AvgIpc) is 2.92. The molecule has 0 radical (unpaired) electrons. The summed E-state index contributed by atoms with van der Waals surface area (Å²) in [5.74, 6) is -0.473. The first-order chi connectivity index (χ1) is 12.5. The molecule has 2 N–H and O–H groups in total. The van der Waals surface area contributed by atoms with E-state index in [0.717, 1.165) is 62.3 Å². The second-order valence-corrected chi connectivity index (χ2v) is 7.21. The van der Waals surface area contributed by atoms with Gasteiger partial charge in [-0.05, 0) is 11.6 Å². The second-order valence-electron chi connectivity index (χ2n) is 7.21. The number of hydrogen-bond acceptors (Lipinski definition) is 4. The van der Waals surface area contributed by atoms with Crippen molar-refractivity contribution in [2.45, 2.75) is 6.54 Å². The van der Waals surface area contributed by atoms with E-state index in [1.807, 2.05) is 17.0 Å². The second kappa shape index (κ2) is 6.74. The van der Waals surface area contributed by atoms with Crippen LogP contribution in [0.3, 0.4) is 0 Å². The van der Waals surface area contributed by atoms with E-state index in [1.165, 1.54) is 0 Å². The number of carbonyl (C=O) groups is 2. The van der Waals surface area contributed by atoms with Crippen molar-refractivity contribution < 1.29 is 14.7 Å². The van der Waals surface area contributed by atoms with Gasteiger partial charge in [0.1, 0.15) is 5.69 Å². The fourth-order valence-electron chi connectivity index (χ4n) is 3.92. The van der Waals surface area contributed by atoms with Crippen molar-refractivity contribution in [1.82, 2.24) is 19.7 Å². The van der Waals surface area contributed by atoms with E-state index in [4.69, 9.17) is 0 Å². The molecule has 2 aliphatic rings. The molecule has 7 nitrogen and oxygen atoms in total. The Labute approximate surface area is 152 Å². The van der Waals surface area contributed by atoms with E-state index in [1.54, 1.807) is 17.7 Å². The van der Waals surface area contributed by atoms with Gasteiger partial charge in [0.2, 0.25) is 5.91 Å². The van der Waals surface area contributed by atoms with Gasteiger partial charge in [0.25, 0.3) is 0 Å². The fourth-order valence-corrected chi connectivity index (χ4v) is 3.92. The van der Waals surface area contributed by atoms with Gasteiger partial charge < -0.3 is 19.9 Å². The summed E-state index contributed by atoms with van der Waals surface area (Å²) in [5, 5.41) is 13.5. The van der Waals surface area contributed by atoms with Gasteiger partial charge >= 0.3 is 5.97 Å². The summed E-state index contributed by atoms with van der Waals surface area (Å²) < 4.78 is 1.76. The Bertz CT molecular complexity index is 848. The number of hydrogen-bond donors (Lipinski definition) is 2. The molecule has 0 unspecified atom stereocenters. The summed E-state index contributed by atoms with van der Waals surface area (Å²) in [6.07, 6.45) is 0. The molecule has 2 aromatic rings. The molecule has 1 aromatic carbocycles. The van der Waals surface area contributed by atoms with Gasteiger partial charge in [0, 0.05) is 58.2 Å². The highest BCUT2D eigenvalue weighted by Gasteiger charge is 2.31. The molecule has 0 aliphatic carbocycles. The van der Waals surface area contributed by atoms with Crippen LogP contribution in [0.4, 0.5) is 0 Å². The zero-order valence-corrected chi connectivity index (χ0v) is 14.9. The highest BCUT2D eigenvalue weighted by molar-refractivity contribution is 5.95. The molecule has 138 valence electrons. The van der Waals surface area contributed by atoms with Crippen molar-refractivity contribution in [1.29, 1.82) is 0 Å². The van der Waals surface area contributed by atoms with Gasteiger partial charge in [0.15, 0.2) is 0 Å². The summed E-state index contributed by atoms with van der Waals surface area (Å²) in [6, 6.07) is 7.72. The van der Waals surface area contributed by atoms with Crippen LogP contribution >= 0.6 is 0 Å². The molecule has 0 spiro atoms. The minimum atomic E-state index is -0.910. The Morgan fingerprint density at radius 3 is 2.54 bits per heavy atom. The summed E-state index contributed by atoms with van der Waals surface area (Å²) in [5.41, 5.74) is 2.40. The van der Waals surface area contributed by atoms with Crippen LogP contribution in [-0.2, 0) is 18.4 Å². The van der Waals surface area contributed by atoms with Gasteiger partial charge in [-0.25, -0.2) is 4.79 Å². The Morgan fingerprint density at radius 1 is 1.19 bits per heavy atom. The van der Waals surface area contributed by atoms with Crippen molar-refractivity contribution in [3.8, 4) is 0 Å². The Hall–Kier alpha value is -2.38. The number of benzene rings is 1. The molecule has 3 heterocycles. The molecule has 2 aliphatic heterocycles. The molecular formula is C19H24N4O3. The normalized spacial score (nSPS) is 18.9. The molecule has 1 aromatic heterocycles. The number of carbonyl (C=O) groups excluding carboxylic acids is 1. The summed E-state index contributed by atoms with van der Waals surface area (Å²) in [4.78, 5) is 28.1. The van der Waals surface area contributed by atoms with E-state index in [0.29, 0.717) is 5.69 Å². The number of carboxylic acid groups (broad SMARTS) is 1. The van der Waals surface area contributed by atoms with Crippen molar-refractivity contribution in [3.05, 3.63) is 35.5 Å². The number of aryl methyl sites for hydroxylation is 1. The predicted octanol–water partition coefficient (Wildman–Crippen LogP) is 0.740. The van der Waals surface area contributed by atoms with Gasteiger partial charge in [-0.15, -0.1) is 0 Å². The van der Waals surface area contributed by atoms with Crippen LogP contribution in [-0.4, -0.2) is 70.6 Å². The fraction of sp³-hybridized carbons (Fsp3) is 0.474. The molecule has 4 rings (SSSR count). The lowest BCUT2D eigenvalue weighted by molar-refractivity contribution is -0.138. The number of para-hydroxylation sites is 1. The number of piperazine rings is 1. The zero-order valence-electron chi connectivity index (χ0n) is 14.9. The van der Waals surface area contributed by atoms with E-state index in [9.17, 15) is 14.7 Å². The minimum Gasteiger partial charge on any atom is -0.477 e. The van der Waals surface area contributed by atoms with Crippen LogP contribution in [0.1, 0.15) is 16.1 Å². The third-order valence-electron chi connectivity index (χ3n) is 5.57. The molecule has 2 fully saturated rings. The largest absolute Gasteiger partial charge is 0.477 e. The monoisotopic (exact) mass is 356 g/mol. The molecule has 0 bridgehead atoms. The van der Waals surface area contributed by atoms with Crippen LogP contribution in [0, 0.1) is 5.92 Å². The Balaban J connectivity index is 1.46. The maximum atomic E-state index is 12.3. The Kier molecular flexibility index (Phi) is 4.42. The molecule has 26 heavy (non-hydrogen) atoms. The molecule has 7 heteroatoms. The van der Waals surface area contributed by atoms with E-state index < -0.39 is 5.97 Å². The van der Waals surface area contributed by atoms with E-state index >= 15 is 0 Å². The summed E-state index contributed by atoms with van der Waals surface area (Å²) in [7, 11) is 1.80. The van der Waals surface area contributed by atoms with Crippen LogP contribution in [0.5, 0.6) is 0 Å². The summed E-state index contributed by atoms with van der Waals surface area (Å²) >= 11 is 0. The molecule has 1 amide bonds. The number of nitrogens with one attached hydrogen (secondary N) is 1.